The minimum absolute atomic E-state index is 0.0794. The van der Waals surface area contributed by atoms with Gasteiger partial charge in [0.15, 0.2) is 6.61 Å². The van der Waals surface area contributed by atoms with Crippen LogP contribution in [0.4, 0.5) is 14.5 Å². The number of anilines is 1. The SMILES string of the molecule is O=C(COC(=O)Cn1[nH]c(=O)c2ccccc2c1=O)Nc1ccc(OC(F)F)cc1. The van der Waals surface area contributed by atoms with Gasteiger partial charge < -0.3 is 14.8 Å². The minimum Gasteiger partial charge on any atom is -0.454 e. The number of rotatable bonds is 7. The standard InChI is InChI=1S/C19H15F2N3O6/c20-19(21)30-12-7-5-11(6-8-12)22-15(25)10-29-16(26)9-24-18(28)14-4-2-1-3-13(14)17(27)23-24/h1-8,19H,9-10H2,(H,22,25)(H,23,27). The van der Waals surface area contributed by atoms with Crippen LogP contribution in [-0.2, 0) is 20.9 Å². The normalized spacial score (nSPS) is 10.8. The van der Waals surface area contributed by atoms with E-state index >= 15 is 0 Å². The molecule has 1 aromatic heterocycles. The Morgan fingerprint density at radius 1 is 1.03 bits per heavy atom. The average molecular weight is 419 g/mol. The van der Waals surface area contributed by atoms with Gasteiger partial charge in [-0.05, 0) is 36.4 Å². The Balaban J connectivity index is 1.56. The fraction of sp³-hybridized carbons (Fsp3) is 0.158. The highest BCUT2D eigenvalue weighted by atomic mass is 19.3. The number of halogens is 2. The molecule has 2 N–H and O–H groups in total. The predicted octanol–water partition coefficient (Wildman–Crippen LogP) is 1.47. The number of carbonyl (C=O) groups is 2. The zero-order valence-corrected chi connectivity index (χ0v) is 15.3. The maximum Gasteiger partial charge on any atom is 0.387 e. The van der Waals surface area contributed by atoms with Gasteiger partial charge in [0.25, 0.3) is 17.0 Å². The van der Waals surface area contributed by atoms with Crippen LogP contribution in [-0.4, -0.2) is 34.9 Å². The van der Waals surface area contributed by atoms with Crippen molar-refractivity contribution in [2.24, 2.45) is 0 Å². The number of carbonyl (C=O) groups excluding carboxylic acids is 2. The first-order valence-corrected chi connectivity index (χ1v) is 8.55. The summed E-state index contributed by atoms with van der Waals surface area (Å²) in [5, 5.41) is 5.01. The lowest BCUT2D eigenvalue weighted by molar-refractivity contribution is -0.148. The summed E-state index contributed by atoms with van der Waals surface area (Å²) in [5.41, 5.74) is -0.861. The number of H-pyrrole nitrogens is 1. The second-order valence-corrected chi connectivity index (χ2v) is 5.99. The molecule has 1 heterocycles. The quantitative estimate of drug-likeness (QED) is 0.560. The van der Waals surface area contributed by atoms with Crippen LogP contribution < -0.4 is 21.2 Å². The Morgan fingerprint density at radius 3 is 2.37 bits per heavy atom. The van der Waals surface area contributed by atoms with Gasteiger partial charge in [0, 0.05) is 5.69 Å². The van der Waals surface area contributed by atoms with Gasteiger partial charge in [-0.3, -0.25) is 24.3 Å². The molecule has 3 aromatic rings. The summed E-state index contributed by atoms with van der Waals surface area (Å²) >= 11 is 0. The molecule has 0 unspecified atom stereocenters. The van der Waals surface area contributed by atoms with E-state index in [4.69, 9.17) is 4.74 Å². The van der Waals surface area contributed by atoms with Crippen molar-refractivity contribution >= 4 is 28.3 Å². The van der Waals surface area contributed by atoms with Gasteiger partial charge in [-0.15, -0.1) is 0 Å². The van der Waals surface area contributed by atoms with Gasteiger partial charge in [0.1, 0.15) is 12.3 Å². The van der Waals surface area contributed by atoms with Crippen LogP contribution in [0.2, 0.25) is 0 Å². The highest BCUT2D eigenvalue weighted by molar-refractivity contribution is 5.92. The summed E-state index contributed by atoms with van der Waals surface area (Å²) in [6.07, 6.45) is 0. The molecule has 0 atom stereocenters. The number of hydrogen-bond donors (Lipinski definition) is 2. The van der Waals surface area contributed by atoms with E-state index in [1.54, 1.807) is 12.1 Å². The van der Waals surface area contributed by atoms with Crippen molar-refractivity contribution in [3.05, 3.63) is 69.2 Å². The van der Waals surface area contributed by atoms with Crippen molar-refractivity contribution in [1.29, 1.82) is 0 Å². The van der Waals surface area contributed by atoms with E-state index in [0.29, 0.717) is 0 Å². The molecule has 0 aliphatic carbocycles. The van der Waals surface area contributed by atoms with E-state index in [2.05, 4.69) is 15.2 Å². The average Bonchev–Trinajstić information content (AvgIpc) is 2.71. The molecule has 156 valence electrons. The zero-order valence-electron chi connectivity index (χ0n) is 15.3. The van der Waals surface area contributed by atoms with Crippen LogP contribution in [0.25, 0.3) is 10.8 Å². The fourth-order valence-electron chi connectivity index (χ4n) is 2.60. The van der Waals surface area contributed by atoms with E-state index in [-0.39, 0.29) is 22.2 Å². The number of alkyl halides is 2. The number of ether oxygens (including phenoxy) is 2. The Kier molecular flexibility index (Phi) is 6.20. The predicted molar refractivity (Wildman–Crippen MR) is 101 cm³/mol. The number of aromatic amines is 1. The van der Waals surface area contributed by atoms with E-state index in [1.165, 1.54) is 36.4 Å². The Bertz CT molecular complexity index is 1190. The van der Waals surface area contributed by atoms with E-state index in [0.717, 1.165) is 4.68 Å². The van der Waals surface area contributed by atoms with E-state index < -0.39 is 42.8 Å². The topological polar surface area (TPSA) is 119 Å². The van der Waals surface area contributed by atoms with Crippen molar-refractivity contribution < 1.29 is 27.8 Å². The van der Waals surface area contributed by atoms with Crippen LogP contribution in [0.5, 0.6) is 5.75 Å². The molecule has 0 fully saturated rings. The number of esters is 1. The van der Waals surface area contributed by atoms with Crippen molar-refractivity contribution in [1.82, 2.24) is 9.78 Å². The number of benzene rings is 2. The van der Waals surface area contributed by atoms with Gasteiger partial charge in [-0.2, -0.15) is 8.78 Å². The molecule has 0 radical (unpaired) electrons. The molecule has 0 aliphatic heterocycles. The summed E-state index contributed by atoms with van der Waals surface area (Å²) in [4.78, 5) is 48.1. The monoisotopic (exact) mass is 419 g/mol. The van der Waals surface area contributed by atoms with Gasteiger partial charge in [0.05, 0.1) is 10.8 Å². The van der Waals surface area contributed by atoms with E-state index in [1.807, 2.05) is 0 Å². The summed E-state index contributed by atoms with van der Waals surface area (Å²) in [6.45, 7) is -4.21. The molecule has 0 saturated carbocycles. The number of fused-ring (bicyclic) bond motifs is 1. The van der Waals surface area contributed by atoms with Crippen LogP contribution in [0.15, 0.2) is 58.1 Å². The molecule has 0 bridgehead atoms. The molecule has 3 rings (SSSR count). The molecule has 9 nitrogen and oxygen atoms in total. The summed E-state index contributed by atoms with van der Waals surface area (Å²) < 4.78 is 34.0. The third-order valence-electron chi connectivity index (χ3n) is 3.90. The molecule has 0 spiro atoms. The molecule has 1 amide bonds. The number of nitrogens with one attached hydrogen (secondary N) is 2. The van der Waals surface area contributed by atoms with Crippen LogP contribution in [0.1, 0.15) is 0 Å². The lowest BCUT2D eigenvalue weighted by Gasteiger charge is -2.09. The Hall–Kier alpha value is -4.02. The van der Waals surface area contributed by atoms with Gasteiger partial charge in [-0.25, -0.2) is 4.68 Å². The summed E-state index contributed by atoms with van der Waals surface area (Å²) in [7, 11) is 0. The first kappa shape index (κ1) is 20.7. The first-order chi connectivity index (χ1) is 14.3. The number of amides is 1. The van der Waals surface area contributed by atoms with Gasteiger partial charge in [0.2, 0.25) is 0 Å². The fourth-order valence-corrected chi connectivity index (χ4v) is 2.60. The number of aromatic nitrogens is 2. The lowest BCUT2D eigenvalue weighted by Crippen LogP contribution is -2.33. The zero-order chi connectivity index (χ0) is 21.7. The maximum absolute atomic E-state index is 12.3. The van der Waals surface area contributed by atoms with Crippen molar-refractivity contribution in [3.8, 4) is 5.75 Å². The lowest BCUT2D eigenvalue weighted by atomic mass is 10.2. The largest absolute Gasteiger partial charge is 0.454 e. The first-order valence-electron chi connectivity index (χ1n) is 8.55. The van der Waals surface area contributed by atoms with Gasteiger partial charge in [-0.1, -0.05) is 12.1 Å². The number of nitrogens with zero attached hydrogens (tertiary/aromatic N) is 1. The molecule has 0 aliphatic rings. The maximum atomic E-state index is 12.3. The minimum atomic E-state index is -2.96. The van der Waals surface area contributed by atoms with Gasteiger partial charge >= 0.3 is 12.6 Å². The Morgan fingerprint density at radius 2 is 1.70 bits per heavy atom. The van der Waals surface area contributed by atoms with Crippen molar-refractivity contribution in [2.45, 2.75) is 13.2 Å². The van der Waals surface area contributed by atoms with Crippen molar-refractivity contribution in [2.75, 3.05) is 11.9 Å². The molecule has 30 heavy (non-hydrogen) atoms. The molecule has 0 saturated heterocycles. The number of hydrogen-bond acceptors (Lipinski definition) is 6. The molecular weight excluding hydrogens is 404 g/mol. The third kappa shape index (κ3) is 5.07. The highest BCUT2D eigenvalue weighted by Gasteiger charge is 2.13. The second-order valence-electron chi connectivity index (χ2n) is 5.99. The summed E-state index contributed by atoms with van der Waals surface area (Å²) in [6, 6.07) is 11.3. The molecular formula is C19H15F2N3O6. The van der Waals surface area contributed by atoms with E-state index in [9.17, 15) is 28.0 Å². The third-order valence-corrected chi connectivity index (χ3v) is 3.90. The highest BCUT2D eigenvalue weighted by Crippen LogP contribution is 2.17. The Labute approximate surface area is 166 Å². The van der Waals surface area contributed by atoms with Crippen LogP contribution >= 0.6 is 0 Å². The van der Waals surface area contributed by atoms with Crippen molar-refractivity contribution in [3.63, 3.8) is 0 Å². The molecule has 2 aromatic carbocycles. The van der Waals surface area contributed by atoms with Crippen LogP contribution in [0.3, 0.4) is 0 Å². The summed E-state index contributed by atoms with van der Waals surface area (Å²) in [5.74, 6) is -1.69. The smallest absolute Gasteiger partial charge is 0.387 e. The second kappa shape index (κ2) is 8.99. The molecule has 11 heteroatoms. The van der Waals surface area contributed by atoms with Crippen LogP contribution in [0, 0.1) is 0 Å².